The van der Waals surface area contributed by atoms with Crippen molar-refractivity contribution in [2.45, 2.75) is 32.7 Å². The Labute approximate surface area is 136 Å². The Hall–Kier alpha value is -2.08. The molecule has 0 heterocycles. The van der Waals surface area contributed by atoms with Gasteiger partial charge in [-0.3, -0.25) is 9.59 Å². The molecule has 2 N–H and O–H groups in total. The topological polar surface area (TPSA) is 84.9 Å². The number of benzene rings is 1. The van der Waals surface area contributed by atoms with Crippen molar-refractivity contribution in [3.63, 3.8) is 0 Å². The minimum atomic E-state index is -0.946. The van der Waals surface area contributed by atoms with Gasteiger partial charge >= 0.3 is 5.97 Å². The summed E-state index contributed by atoms with van der Waals surface area (Å²) in [6.45, 7) is 6.36. The van der Waals surface area contributed by atoms with Crippen LogP contribution in [0.15, 0.2) is 24.3 Å². The van der Waals surface area contributed by atoms with Crippen LogP contribution in [-0.2, 0) is 9.53 Å². The van der Waals surface area contributed by atoms with E-state index in [1.165, 1.54) is 0 Å². The van der Waals surface area contributed by atoms with Gasteiger partial charge in [0.25, 0.3) is 5.91 Å². The van der Waals surface area contributed by atoms with Gasteiger partial charge in [0.1, 0.15) is 12.4 Å². The standard InChI is InChI=1S/C17H25NO5/c1-12(2)17(3,11-15(19)20)18-16(21)13-6-5-7-14(10-13)23-9-8-22-4/h5-7,10,12H,8-9,11H2,1-4H3,(H,18,21)(H,19,20). The maximum Gasteiger partial charge on any atom is 0.305 e. The van der Waals surface area contributed by atoms with Crippen LogP contribution in [0.1, 0.15) is 37.6 Å². The van der Waals surface area contributed by atoms with Gasteiger partial charge in [-0.1, -0.05) is 19.9 Å². The third-order valence-corrected chi connectivity index (χ3v) is 3.84. The number of rotatable bonds is 9. The van der Waals surface area contributed by atoms with E-state index in [9.17, 15) is 9.59 Å². The van der Waals surface area contributed by atoms with Crippen LogP contribution in [0.5, 0.6) is 5.75 Å². The second-order valence-corrected chi connectivity index (χ2v) is 5.97. The maximum absolute atomic E-state index is 12.4. The van der Waals surface area contributed by atoms with Gasteiger partial charge in [-0.05, 0) is 31.0 Å². The van der Waals surface area contributed by atoms with E-state index in [4.69, 9.17) is 14.6 Å². The van der Waals surface area contributed by atoms with Crippen LogP contribution in [0.25, 0.3) is 0 Å². The number of hydrogen-bond donors (Lipinski definition) is 2. The lowest BCUT2D eigenvalue weighted by molar-refractivity contribution is -0.138. The normalized spacial score (nSPS) is 13.4. The number of methoxy groups -OCH3 is 1. The Bertz CT molecular complexity index is 544. The summed E-state index contributed by atoms with van der Waals surface area (Å²) in [5.74, 6) is -0.722. The second-order valence-electron chi connectivity index (χ2n) is 5.97. The third-order valence-electron chi connectivity index (χ3n) is 3.84. The molecule has 1 aromatic carbocycles. The van der Waals surface area contributed by atoms with Crippen LogP contribution < -0.4 is 10.1 Å². The summed E-state index contributed by atoms with van der Waals surface area (Å²) in [7, 11) is 1.59. The van der Waals surface area contributed by atoms with Crippen LogP contribution in [0.3, 0.4) is 0 Å². The molecule has 1 rings (SSSR count). The molecule has 23 heavy (non-hydrogen) atoms. The van der Waals surface area contributed by atoms with Crippen molar-refractivity contribution in [1.29, 1.82) is 0 Å². The molecule has 6 nitrogen and oxygen atoms in total. The summed E-state index contributed by atoms with van der Waals surface area (Å²) in [6, 6.07) is 6.78. The van der Waals surface area contributed by atoms with Crippen molar-refractivity contribution in [1.82, 2.24) is 5.32 Å². The molecule has 0 aliphatic carbocycles. The zero-order valence-corrected chi connectivity index (χ0v) is 14.1. The molecule has 1 aromatic rings. The van der Waals surface area contributed by atoms with Gasteiger partial charge in [0.05, 0.1) is 18.6 Å². The van der Waals surface area contributed by atoms with E-state index in [2.05, 4.69) is 5.32 Å². The zero-order chi connectivity index (χ0) is 17.5. The highest BCUT2D eigenvalue weighted by Gasteiger charge is 2.33. The molecule has 0 aliphatic rings. The molecule has 0 saturated carbocycles. The van der Waals surface area contributed by atoms with Crippen LogP contribution >= 0.6 is 0 Å². The molecule has 0 aromatic heterocycles. The molecule has 0 spiro atoms. The van der Waals surface area contributed by atoms with E-state index in [0.29, 0.717) is 24.5 Å². The number of nitrogens with one attached hydrogen (secondary N) is 1. The molecule has 0 fully saturated rings. The summed E-state index contributed by atoms with van der Waals surface area (Å²) in [6.07, 6.45) is -0.138. The minimum absolute atomic E-state index is 0.0244. The van der Waals surface area contributed by atoms with E-state index >= 15 is 0 Å². The first kappa shape index (κ1) is 19.0. The van der Waals surface area contributed by atoms with Crippen molar-refractivity contribution < 1.29 is 24.2 Å². The Morgan fingerprint density at radius 2 is 2.00 bits per heavy atom. The molecule has 1 amide bonds. The van der Waals surface area contributed by atoms with E-state index in [0.717, 1.165) is 0 Å². The van der Waals surface area contributed by atoms with Crippen LogP contribution in [0.4, 0.5) is 0 Å². The molecule has 0 aliphatic heterocycles. The number of carbonyl (C=O) groups excluding carboxylic acids is 1. The fourth-order valence-corrected chi connectivity index (χ4v) is 2.01. The molecule has 1 atom stereocenters. The average Bonchev–Trinajstić information content (AvgIpc) is 2.46. The highest BCUT2D eigenvalue weighted by molar-refractivity contribution is 5.95. The SMILES string of the molecule is COCCOc1cccc(C(=O)NC(C)(CC(=O)O)C(C)C)c1. The first-order valence-corrected chi connectivity index (χ1v) is 7.54. The van der Waals surface area contributed by atoms with Crippen molar-refractivity contribution in [2.24, 2.45) is 5.92 Å². The molecule has 1 unspecified atom stereocenters. The quantitative estimate of drug-likeness (QED) is 0.681. The lowest BCUT2D eigenvalue weighted by atomic mass is 9.85. The van der Waals surface area contributed by atoms with Crippen molar-refractivity contribution >= 4 is 11.9 Å². The Morgan fingerprint density at radius 3 is 2.57 bits per heavy atom. The fraction of sp³-hybridized carbons (Fsp3) is 0.529. The van der Waals surface area contributed by atoms with Gasteiger partial charge < -0.3 is 19.9 Å². The predicted molar refractivity (Wildman–Crippen MR) is 86.8 cm³/mol. The van der Waals surface area contributed by atoms with Crippen molar-refractivity contribution in [2.75, 3.05) is 20.3 Å². The average molecular weight is 323 g/mol. The van der Waals surface area contributed by atoms with Gasteiger partial charge in [-0.25, -0.2) is 0 Å². The van der Waals surface area contributed by atoms with E-state index in [1.54, 1.807) is 38.3 Å². The highest BCUT2D eigenvalue weighted by atomic mass is 16.5. The monoisotopic (exact) mass is 323 g/mol. The highest BCUT2D eigenvalue weighted by Crippen LogP contribution is 2.22. The van der Waals surface area contributed by atoms with Crippen LogP contribution in [0.2, 0.25) is 0 Å². The molecular formula is C17H25NO5. The van der Waals surface area contributed by atoms with Crippen molar-refractivity contribution in [3.8, 4) is 5.75 Å². The number of amides is 1. The van der Waals surface area contributed by atoms with Gasteiger partial charge in [0.2, 0.25) is 0 Å². The molecular weight excluding hydrogens is 298 g/mol. The summed E-state index contributed by atoms with van der Waals surface area (Å²) in [5, 5.41) is 11.9. The second kappa shape index (κ2) is 8.53. The van der Waals surface area contributed by atoms with Gasteiger partial charge in [-0.2, -0.15) is 0 Å². The fourth-order valence-electron chi connectivity index (χ4n) is 2.01. The van der Waals surface area contributed by atoms with Gasteiger partial charge in [-0.15, -0.1) is 0 Å². The first-order valence-electron chi connectivity index (χ1n) is 7.54. The molecule has 0 radical (unpaired) electrons. The largest absolute Gasteiger partial charge is 0.491 e. The lowest BCUT2D eigenvalue weighted by Gasteiger charge is -2.33. The van der Waals surface area contributed by atoms with Gasteiger partial charge in [0.15, 0.2) is 0 Å². The summed E-state index contributed by atoms with van der Waals surface area (Å²) < 4.78 is 10.4. The summed E-state index contributed by atoms with van der Waals surface area (Å²) >= 11 is 0. The number of carbonyl (C=O) groups is 2. The maximum atomic E-state index is 12.4. The van der Waals surface area contributed by atoms with E-state index in [-0.39, 0.29) is 18.2 Å². The van der Waals surface area contributed by atoms with E-state index in [1.807, 2.05) is 13.8 Å². The lowest BCUT2D eigenvalue weighted by Crippen LogP contribution is -2.51. The summed E-state index contributed by atoms with van der Waals surface area (Å²) in [4.78, 5) is 23.5. The molecule has 0 bridgehead atoms. The minimum Gasteiger partial charge on any atom is -0.491 e. The summed E-state index contributed by atoms with van der Waals surface area (Å²) in [5.41, 5.74) is -0.396. The van der Waals surface area contributed by atoms with Crippen LogP contribution in [-0.4, -0.2) is 42.8 Å². The number of hydrogen-bond acceptors (Lipinski definition) is 4. The Balaban J connectivity index is 2.83. The predicted octanol–water partition coefficient (Wildman–Crippen LogP) is 2.33. The number of aliphatic carboxylic acids is 1. The number of carboxylic acids is 1. The molecule has 6 heteroatoms. The smallest absolute Gasteiger partial charge is 0.305 e. The number of carboxylic acid groups (broad SMARTS) is 1. The Kier molecular flexibility index (Phi) is 7.03. The Morgan fingerprint density at radius 1 is 1.30 bits per heavy atom. The first-order chi connectivity index (χ1) is 10.8. The zero-order valence-electron chi connectivity index (χ0n) is 14.1. The molecule has 128 valence electrons. The van der Waals surface area contributed by atoms with Crippen molar-refractivity contribution in [3.05, 3.63) is 29.8 Å². The van der Waals surface area contributed by atoms with Gasteiger partial charge in [0, 0.05) is 12.7 Å². The third kappa shape index (κ3) is 5.90. The number of ether oxygens (including phenoxy) is 2. The van der Waals surface area contributed by atoms with Crippen LogP contribution in [0, 0.1) is 5.92 Å². The molecule has 0 saturated heterocycles. The van der Waals surface area contributed by atoms with E-state index < -0.39 is 11.5 Å².